The molecule has 0 radical (unpaired) electrons. The third-order valence-corrected chi connectivity index (χ3v) is 5.82. The summed E-state index contributed by atoms with van der Waals surface area (Å²) in [6, 6.07) is 4.07. The van der Waals surface area contributed by atoms with Crippen molar-refractivity contribution < 1.29 is 4.79 Å². The summed E-state index contributed by atoms with van der Waals surface area (Å²) >= 11 is 0. The highest BCUT2D eigenvalue weighted by Gasteiger charge is 2.36. The number of carbonyl (C=O) groups is 1. The standard InChI is InChI=1S/C19H29N7O/c1-15-13-18(23(3)21-15)26-8-4-5-17(19(26)27)25-11-9-24(10-12-25)14-16-6-7-20-22(16)2/h6-7,13,17H,4-5,8-12,14H2,1-3H3/t17-/m0/s1. The minimum Gasteiger partial charge on any atom is -0.296 e. The number of amides is 1. The molecule has 0 N–H and O–H groups in total. The zero-order valence-corrected chi connectivity index (χ0v) is 16.5. The molecule has 4 heterocycles. The summed E-state index contributed by atoms with van der Waals surface area (Å²) in [5.41, 5.74) is 2.18. The molecule has 2 fully saturated rings. The molecule has 1 amide bonds. The van der Waals surface area contributed by atoms with E-state index in [1.54, 1.807) is 0 Å². The number of aromatic nitrogens is 4. The Balaban J connectivity index is 1.38. The van der Waals surface area contributed by atoms with Crippen LogP contribution in [0, 0.1) is 6.92 Å². The summed E-state index contributed by atoms with van der Waals surface area (Å²) in [6.45, 7) is 7.52. The smallest absolute Gasteiger partial charge is 0.245 e. The summed E-state index contributed by atoms with van der Waals surface area (Å²) in [4.78, 5) is 19.9. The van der Waals surface area contributed by atoms with Gasteiger partial charge in [0, 0.05) is 65.6 Å². The van der Waals surface area contributed by atoms with E-state index in [2.05, 4.69) is 26.1 Å². The Bertz CT molecular complexity index is 803. The normalized spacial score (nSPS) is 22.6. The van der Waals surface area contributed by atoms with Crippen molar-refractivity contribution in [3.8, 4) is 0 Å². The molecule has 0 aromatic carbocycles. The zero-order valence-electron chi connectivity index (χ0n) is 16.5. The van der Waals surface area contributed by atoms with Crippen LogP contribution in [-0.2, 0) is 25.4 Å². The molecule has 8 nitrogen and oxygen atoms in total. The van der Waals surface area contributed by atoms with Crippen LogP contribution in [0.2, 0.25) is 0 Å². The maximum Gasteiger partial charge on any atom is 0.245 e. The summed E-state index contributed by atoms with van der Waals surface area (Å²) in [7, 11) is 3.90. The second-order valence-corrected chi connectivity index (χ2v) is 7.67. The molecule has 4 rings (SSSR count). The first-order chi connectivity index (χ1) is 13.0. The first-order valence-electron chi connectivity index (χ1n) is 9.78. The maximum absolute atomic E-state index is 13.2. The van der Waals surface area contributed by atoms with Gasteiger partial charge in [-0.05, 0) is 25.8 Å². The first-order valence-corrected chi connectivity index (χ1v) is 9.78. The summed E-state index contributed by atoms with van der Waals surface area (Å²) in [5, 5.41) is 8.65. The number of nitrogens with zero attached hydrogens (tertiary/aromatic N) is 7. The molecule has 1 atom stereocenters. The highest BCUT2D eigenvalue weighted by Crippen LogP contribution is 2.25. The number of carbonyl (C=O) groups excluding carboxylic acids is 1. The van der Waals surface area contributed by atoms with Crippen molar-refractivity contribution in [3.63, 3.8) is 0 Å². The van der Waals surface area contributed by atoms with Crippen LogP contribution >= 0.6 is 0 Å². The average Bonchev–Trinajstić information content (AvgIpc) is 3.21. The molecule has 2 aliphatic heterocycles. The van der Waals surface area contributed by atoms with Gasteiger partial charge in [-0.15, -0.1) is 0 Å². The van der Waals surface area contributed by atoms with E-state index in [-0.39, 0.29) is 11.9 Å². The molecular weight excluding hydrogens is 342 g/mol. The fourth-order valence-electron chi connectivity index (χ4n) is 4.29. The third kappa shape index (κ3) is 3.64. The number of piperidine rings is 1. The van der Waals surface area contributed by atoms with Crippen LogP contribution < -0.4 is 4.90 Å². The van der Waals surface area contributed by atoms with E-state index in [1.165, 1.54) is 5.69 Å². The molecule has 0 spiro atoms. The zero-order chi connectivity index (χ0) is 19.0. The van der Waals surface area contributed by atoms with Crippen molar-refractivity contribution in [2.75, 3.05) is 37.6 Å². The SMILES string of the molecule is Cc1cc(N2CCC[C@H](N3CCN(Cc4ccnn4C)CC3)C2=O)n(C)n1. The summed E-state index contributed by atoms with van der Waals surface area (Å²) in [5.74, 6) is 1.14. The lowest BCUT2D eigenvalue weighted by molar-refractivity contribution is -0.126. The van der Waals surface area contributed by atoms with Gasteiger partial charge in [0.2, 0.25) is 5.91 Å². The monoisotopic (exact) mass is 371 g/mol. The number of piperazine rings is 1. The summed E-state index contributed by atoms with van der Waals surface area (Å²) < 4.78 is 3.76. The molecule has 2 saturated heterocycles. The van der Waals surface area contributed by atoms with Crippen LogP contribution in [-0.4, -0.2) is 74.0 Å². The molecule has 27 heavy (non-hydrogen) atoms. The first kappa shape index (κ1) is 18.2. The number of rotatable bonds is 4. The van der Waals surface area contributed by atoms with E-state index in [1.807, 2.05) is 47.5 Å². The Kier molecular flexibility index (Phi) is 5.01. The molecule has 2 aromatic rings. The van der Waals surface area contributed by atoms with Crippen molar-refractivity contribution in [2.45, 2.75) is 32.4 Å². The third-order valence-electron chi connectivity index (χ3n) is 5.82. The Morgan fingerprint density at radius 1 is 1.11 bits per heavy atom. The average molecular weight is 371 g/mol. The van der Waals surface area contributed by atoms with Crippen molar-refractivity contribution in [2.24, 2.45) is 14.1 Å². The van der Waals surface area contributed by atoms with Gasteiger partial charge in [0.05, 0.1) is 17.4 Å². The van der Waals surface area contributed by atoms with Crippen molar-refractivity contribution in [1.29, 1.82) is 0 Å². The van der Waals surface area contributed by atoms with Crippen LogP contribution in [0.3, 0.4) is 0 Å². The lowest BCUT2D eigenvalue weighted by atomic mass is 10.0. The second-order valence-electron chi connectivity index (χ2n) is 7.67. The van der Waals surface area contributed by atoms with Gasteiger partial charge in [-0.3, -0.25) is 28.9 Å². The largest absolute Gasteiger partial charge is 0.296 e. The van der Waals surface area contributed by atoms with Crippen molar-refractivity contribution >= 4 is 11.7 Å². The molecular formula is C19H29N7O. The van der Waals surface area contributed by atoms with E-state index in [9.17, 15) is 4.79 Å². The van der Waals surface area contributed by atoms with Gasteiger partial charge in [-0.25, -0.2) is 0 Å². The predicted octanol–water partition coefficient (Wildman–Crippen LogP) is 0.775. The lowest BCUT2D eigenvalue weighted by Crippen LogP contribution is -2.57. The fraction of sp³-hybridized carbons (Fsp3) is 0.632. The molecule has 2 aliphatic rings. The molecule has 0 bridgehead atoms. The Morgan fingerprint density at radius 3 is 2.52 bits per heavy atom. The van der Waals surface area contributed by atoms with E-state index < -0.39 is 0 Å². The summed E-state index contributed by atoms with van der Waals surface area (Å²) in [6.07, 6.45) is 3.84. The van der Waals surface area contributed by atoms with Gasteiger partial charge in [0.15, 0.2) is 0 Å². The van der Waals surface area contributed by atoms with Gasteiger partial charge in [-0.1, -0.05) is 0 Å². The van der Waals surface area contributed by atoms with Gasteiger partial charge < -0.3 is 0 Å². The van der Waals surface area contributed by atoms with Crippen LogP contribution in [0.1, 0.15) is 24.2 Å². The van der Waals surface area contributed by atoms with Crippen molar-refractivity contribution in [3.05, 3.63) is 29.7 Å². The minimum absolute atomic E-state index is 0.00666. The Labute approximate surface area is 160 Å². The van der Waals surface area contributed by atoms with Gasteiger partial charge in [0.1, 0.15) is 5.82 Å². The number of aryl methyl sites for hydroxylation is 3. The van der Waals surface area contributed by atoms with Gasteiger partial charge in [-0.2, -0.15) is 10.2 Å². The highest BCUT2D eigenvalue weighted by molar-refractivity contribution is 5.97. The molecule has 8 heteroatoms. The molecule has 0 saturated carbocycles. The molecule has 0 unspecified atom stereocenters. The minimum atomic E-state index is -0.00666. The maximum atomic E-state index is 13.2. The lowest BCUT2D eigenvalue weighted by Gasteiger charge is -2.42. The molecule has 2 aromatic heterocycles. The van der Waals surface area contributed by atoms with Gasteiger partial charge in [0.25, 0.3) is 0 Å². The molecule has 146 valence electrons. The van der Waals surface area contributed by atoms with Crippen LogP contribution in [0.4, 0.5) is 5.82 Å². The fourth-order valence-corrected chi connectivity index (χ4v) is 4.29. The van der Waals surface area contributed by atoms with E-state index in [4.69, 9.17) is 0 Å². The van der Waals surface area contributed by atoms with Gasteiger partial charge >= 0.3 is 0 Å². The van der Waals surface area contributed by atoms with Crippen LogP contribution in [0.25, 0.3) is 0 Å². The second kappa shape index (κ2) is 7.44. The molecule has 0 aliphatic carbocycles. The van der Waals surface area contributed by atoms with Crippen LogP contribution in [0.5, 0.6) is 0 Å². The van der Waals surface area contributed by atoms with Crippen LogP contribution in [0.15, 0.2) is 18.3 Å². The van der Waals surface area contributed by atoms with E-state index >= 15 is 0 Å². The number of hydrogen-bond donors (Lipinski definition) is 0. The van der Waals surface area contributed by atoms with Crippen molar-refractivity contribution in [1.82, 2.24) is 29.4 Å². The number of hydrogen-bond acceptors (Lipinski definition) is 5. The van der Waals surface area contributed by atoms with E-state index in [0.29, 0.717) is 0 Å². The van der Waals surface area contributed by atoms with E-state index in [0.717, 1.165) is 63.6 Å². The number of anilines is 1. The Hall–Kier alpha value is -2.19. The topological polar surface area (TPSA) is 62.4 Å². The Morgan fingerprint density at radius 2 is 1.89 bits per heavy atom. The quantitative estimate of drug-likeness (QED) is 0.795. The predicted molar refractivity (Wildman–Crippen MR) is 103 cm³/mol. The highest BCUT2D eigenvalue weighted by atomic mass is 16.2.